The highest BCUT2D eigenvalue weighted by Gasteiger charge is 2.35. The Kier molecular flexibility index (Phi) is 5.45. The van der Waals surface area contributed by atoms with E-state index in [9.17, 15) is 18.3 Å². The van der Waals surface area contributed by atoms with E-state index in [0.717, 1.165) is 11.1 Å². The van der Waals surface area contributed by atoms with Crippen LogP contribution >= 0.6 is 0 Å². The van der Waals surface area contributed by atoms with Gasteiger partial charge in [-0.15, -0.1) is 0 Å². The molecule has 0 unspecified atom stereocenters. The number of aryl methyl sites for hydroxylation is 1. The average Bonchev–Trinajstić information content (AvgIpc) is 3.21. The molecule has 5 rings (SSSR count). The molecule has 8 heteroatoms. The highest BCUT2D eigenvalue weighted by molar-refractivity contribution is 7.90. The Hall–Kier alpha value is -4.30. The van der Waals surface area contributed by atoms with Crippen LogP contribution < -0.4 is 9.67 Å². The normalized spacial score (nSPS) is 15.0. The maximum atomic E-state index is 13.7. The number of sulfonamides is 1. The molecule has 0 aliphatic heterocycles. The third-order valence-corrected chi connectivity index (χ3v) is 7.16. The van der Waals surface area contributed by atoms with Crippen LogP contribution in [-0.2, 0) is 16.6 Å². The van der Waals surface area contributed by atoms with Crippen molar-refractivity contribution in [1.29, 1.82) is 0 Å². The van der Waals surface area contributed by atoms with Crippen LogP contribution in [0.2, 0.25) is 0 Å². The van der Waals surface area contributed by atoms with Gasteiger partial charge in [-0.2, -0.15) is 17.4 Å². The largest absolute Gasteiger partial charge is 0.869 e. The van der Waals surface area contributed by atoms with E-state index in [2.05, 4.69) is 11.0 Å². The Morgan fingerprint density at radius 1 is 1.00 bits per heavy atom. The highest BCUT2D eigenvalue weighted by atomic mass is 32.2. The van der Waals surface area contributed by atoms with Crippen LogP contribution in [0, 0.1) is 6.92 Å². The summed E-state index contributed by atoms with van der Waals surface area (Å²) in [4.78, 5) is 13.5. The van der Waals surface area contributed by atoms with Crippen molar-refractivity contribution in [3.05, 3.63) is 108 Å². The summed E-state index contributed by atoms with van der Waals surface area (Å²) in [5.74, 6) is -1.11. The molecule has 1 aliphatic carbocycles. The van der Waals surface area contributed by atoms with Crippen molar-refractivity contribution in [1.82, 2.24) is 4.57 Å². The Labute approximate surface area is 202 Å². The number of Topliss-reactive ketones (excluding diaryl/α,β-unsaturated/α-hetero) is 1. The zero-order valence-electron chi connectivity index (χ0n) is 18.9. The van der Waals surface area contributed by atoms with Gasteiger partial charge in [0, 0.05) is 5.56 Å². The molecule has 3 aromatic carbocycles. The van der Waals surface area contributed by atoms with E-state index in [1.54, 1.807) is 59.4 Å². The van der Waals surface area contributed by atoms with Gasteiger partial charge in [0.05, 0.1) is 4.90 Å². The van der Waals surface area contributed by atoms with Crippen LogP contribution in [0.25, 0.3) is 22.5 Å². The van der Waals surface area contributed by atoms with Gasteiger partial charge in [-0.05, 0) is 42.5 Å². The lowest BCUT2D eigenvalue weighted by molar-refractivity contribution is -0.661. The van der Waals surface area contributed by atoms with Gasteiger partial charge in [0.2, 0.25) is 12.1 Å². The molecule has 35 heavy (non-hydrogen) atoms. The lowest BCUT2D eigenvalue weighted by atomic mass is 9.91. The second kappa shape index (κ2) is 8.48. The highest BCUT2D eigenvalue weighted by Crippen LogP contribution is 2.32. The first-order valence-electron chi connectivity index (χ1n) is 10.9. The molecule has 0 spiro atoms. The minimum Gasteiger partial charge on any atom is -0.869 e. The van der Waals surface area contributed by atoms with Crippen LogP contribution in [0.4, 0.5) is 0 Å². The lowest BCUT2D eigenvalue weighted by Gasteiger charge is -2.25. The van der Waals surface area contributed by atoms with Crippen molar-refractivity contribution >= 4 is 44.0 Å². The fourth-order valence-electron chi connectivity index (χ4n) is 4.18. The monoisotopic (exact) mass is 483 g/mol. The van der Waals surface area contributed by atoms with Gasteiger partial charge in [-0.3, -0.25) is 4.79 Å². The van der Waals surface area contributed by atoms with Crippen molar-refractivity contribution in [2.45, 2.75) is 18.4 Å². The second-order valence-corrected chi connectivity index (χ2v) is 9.80. The SMILES string of the molecule is C=CC[n+]1cn(C2=C([O-])c3ccccc3C(=O)/C2=N/S(=O)(=O)c2ccc(C)cc2)c2ccccc21. The Morgan fingerprint density at radius 2 is 1.66 bits per heavy atom. The molecule has 1 heterocycles. The maximum absolute atomic E-state index is 13.7. The number of carbonyl (C=O) groups excluding carboxylic acids is 1. The third-order valence-electron chi connectivity index (χ3n) is 5.87. The summed E-state index contributed by atoms with van der Waals surface area (Å²) >= 11 is 0. The van der Waals surface area contributed by atoms with E-state index < -0.39 is 27.3 Å². The van der Waals surface area contributed by atoms with E-state index >= 15 is 0 Å². The quantitative estimate of drug-likeness (QED) is 0.322. The Morgan fingerprint density at radius 3 is 2.37 bits per heavy atom. The minimum absolute atomic E-state index is 0.0619. The average molecular weight is 484 g/mol. The van der Waals surface area contributed by atoms with Crippen LogP contribution in [0.5, 0.6) is 0 Å². The van der Waals surface area contributed by atoms with Crippen molar-refractivity contribution in [3.63, 3.8) is 0 Å². The first-order valence-corrected chi connectivity index (χ1v) is 12.3. The van der Waals surface area contributed by atoms with Crippen LogP contribution in [0.15, 0.2) is 101 Å². The summed E-state index contributed by atoms with van der Waals surface area (Å²) in [5, 5.41) is 13.7. The number of benzene rings is 3. The van der Waals surface area contributed by atoms with Gasteiger partial charge in [0.15, 0.2) is 22.4 Å². The summed E-state index contributed by atoms with van der Waals surface area (Å²) in [6.07, 6.45) is 3.37. The molecular weight excluding hydrogens is 462 g/mol. The van der Waals surface area contributed by atoms with Crippen molar-refractivity contribution < 1.29 is 22.9 Å². The number of allylic oxidation sites excluding steroid dienone is 2. The molecule has 0 saturated carbocycles. The topological polar surface area (TPSA) is 95.4 Å². The summed E-state index contributed by atoms with van der Waals surface area (Å²) in [6.45, 7) is 6.07. The number of carbonyl (C=O) groups is 1. The smallest absolute Gasteiger partial charge is 0.283 e. The zero-order chi connectivity index (χ0) is 24.7. The molecule has 0 radical (unpaired) electrons. The van der Waals surface area contributed by atoms with Crippen molar-refractivity contribution in [2.75, 3.05) is 0 Å². The number of imidazole rings is 1. The number of aromatic nitrogens is 2. The fourth-order valence-corrected chi connectivity index (χ4v) is 5.17. The molecule has 0 saturated heterocycles. The van der Waals surface area contributed by atoms with E-state index in [4.69, 9.17) is 0 Å². The van der Waals surface area contributed by atoms with Crippen LogP contribution in [0.3, 0.4) is 0 Å². The van der Waals surface area contributed by atoms with E-state index in [-0.39, 0.29) is 21.7 Å². The predicted molar refractivity (Wildman–Crippen MR) is 132 cm³/mol. The first-order chi connectivity index (χ1) is 16.8. The number of hydrogen-bond acceptors (Lipinski definition) is 4. The van der Waals surface area contributed by atoms with Crippen LogP contribution in [-0.4, -0.2) is 24.5 Å². The standard InChI is InChI=1S/C27H21N3O4S/c1-3-16-29-17-30(23-11-7-6-10-22(23)29)25-24(26(31)20-8-4-5-9-21(20)27(25)32)28-35(33,34)19-14-12-18(2)13-15-19/h3-15,17H,1,16H2,2H3. The summed E-state index contributed by atoms with van der Waals surface area (Å²) in [5.41, 5.74) is 2.10. The molecule has 1 aromatic heterocycles. The minimum atomic E-state index is -4.28. The fraction of sp³-hybridized carbons (Fsp3) is 0.0741. The zero-order valence-corrected chi connectivity index (χ0v) is 19.7. The molecule has 1 aliphatic rings. The summed E-state index contributed by atoms with van der Waals surface area (Å²) in [6, 6.07) is 19.9. The predicted octanol–water partition coefficient (Wildman–Crippen LogP) is 3.14. The van der Waals surface area contributed by atoms with E-state index in [1.165, 1.54) is 18.2 Å². The Balaban J connectivity index is 1.82. The lowest BCUT2D eigenvalue weighted by Crippen LogP contribution is -2.33. The molecule has 0 atom stereocenters. The molecule has 7 nitrogen and oxygen atoms in total. The van der Waals surface area contributed by atoms with Gasteiger partial charge in [0.25, 0.3) is 10.0 Å². The molecule has 0 amide bonds. The number of ketones is 1. The number of hydrogen-bond donors (Lipinski definition) is 0. The van der Waals surface area contributed by atoms with Crippen molar-refractivity contribution in [2.24, 2.45) is 4.40 Å². The van der Waals surface area contributed by atoms with E-state index in [1.807, 2.05) is 23.6 Å². The van der Waals surface area contributed by atoms with Gasteiger partial charge < -0.3 is 5.11 Å². The second-order valence-electron chi connectivity index (χ2n) is 8.20. The third kappa shape index (κ3) is 3.77. The van der Waals surface area contributed by atoms with Crippen molar-refractivity contribution in [3.8, 4) is 0 Å². The van der Waals surface area contributed by atoms with Gasteiger partial charge >= 0.3 is 0 Å². The number of para-hydroxylation sites is 2. The first kappa shape index (κ1) is 22.5. The van der Waals surface area contributed by atoms with Crippen LogP contribution in [0.1, 0.15) is 21.5 Å². The summed E-state index contributed by atoms with van der Waals surface area (Å²) in [7, 11) is -4.28. The van der Waals surface area contributed by atoms with Gasteiger partial charge in [0.1, 0.15) is 6.54 Å². The van der Waals surface area contributed by atoms with E-state index in [0.29, 0.717) is 12.1 Å². The summed E-state index contributed by atoms with van der Waals surface area (Å²) < 4.78 is 33.8. The molecule has 0 fully saturated rings. The molecule has 174 valence electrons. The molecular formula is C27H21N3O4S. The number of rotatable bonds is 5. The number of nitrogens with zero attached hydrogens (tertiary/aromatic N) is 3. The number of fused-ring (bicyclic) bond motifs is 2. The molecule has 0 bridgehead atoms. The van der Waals surface area contributed by atoms with Gasteiger partial charge in [-0.25, -0.2) is 4.57 Å². The maximum Gasteiger partial charge on any atom is 0.283 e. The molecule has 4 aromatic rings. The van der Waals surface area contributed by atoms with Gasteiger partial charge in [-0.1, -0.05) is 66.7 Å². The Bertz CT molecular complexity index is 1680. The molecule has 0 N–H and O–H groups in total.